The standard InChI is InChI=1S/C8H5Br.Mg.2H/c9-7-6-8-4-2-1-3-5-8;;;/h1-5H;;;/q;+2;2*-1. The van der Waals surface area contributed by atoms with Crippen molar-refractivity contribution >= 4 is 39.0 Å². The van der Waals surface area contributed by atoms with Gasteiger partial charge in [0.2, 0.25) is 0 Å². The van der Waals surface area contributed by atoms with Gasteiger partial charge >= 0.3 is 23.1 Å². The van der Waals surface area contributed by atoms with Gasteiger partial charge in [-0.05, 0) is 17.0 Å². The zero-order chi connectivity index (χ0) is 6.53. The molecule has 0 saturated carbocycles. The van der Waals surface area contributed by atoms with E-state index >= 15 is 0 Å². The van der Waals surface area contributed by atoms with Gasteiger partial charge in [0, 0.05) is 21.5 Å². The molecule has 10 heavy (non-hydrogen) atoms. The van der Waals surface area contributed by atoms with Crippen LogP contribution in [0.5, 0.6) is 0 Å². The van der Waals surface area contributed by atoms with Gasteiger partial charge in [-0.2, -0.15) is 0 Å². The van der Waals surface area contributed by atoms with Crippen molar-refractivity contribution in [1.82, 2.24) is 0 Å². The summed E-state index contributed by atoms with van der Waals surface area (Å²) in [6.45, 7) is 0. The van der Waals surface area contributed by atoms with Crippen LogP contribution in [0, 0.1) is 10.8 Å². The average Bonchev–Trinajstić information content (AvgIpc) is 1.91. The van der Waals surface area contributed by atoms with Gasteiger partial charge in [0.25, 0.3) is 0 Å². The third kappa shape index (κ3) is 3.26. The summed E-state index contributed by atoms with van der Waals surface area (Å²) >= 11 is 3.02. The van der Waals surface area contributed by atoms with E-state index in [1.807, 2.05) is 30.3 Å². The van der Waals surface area contributed by atoms with Gasteiger partial charge in [-0.25, -0.2) is 0 Å². The van der Waals surface area contributed by atoms with E-state index in [4.69, 9.17) is 0 Å². The van der Waals surface area contributed by atoms with Crippen LogP contribution in [0.3, 0.4) is 0 Å². The van der Waals surface area contributed by atoms with Crippen LogP contribution < -0.4 is 0 Å². The topological polar surface area (TPSA) is 0 Å². The Balaban J connectivity index is -0.000000270. The van der Waals surface area contributed by atoms with Crippen LogP contribution in [0.2, 0.25) is 0 Å². The molecular formula is C8H7BrMg. The molecule has 0 saturated heterocycles. The number of benzene rings is 1. The van der Waals surface area contributed by atoms with Crippen molar-refractivity contribution in [3.63, 3.8) is 0 Å². The second-order valence-corrected chi connectivity index (χ2v) is 1.98. The number of hydrogen-bond acceptors (Lipinski definition) is 0. The first-order chi connectivity index (χ1) is 4.43. The second kappa shape index (κ2) is 5.78. The van der Waals surface area contributed by atoms with E-state index in [0.29, 0.717) is 0 Å². The van der Waals surface area contributed by atoms with Gasteiger partial charge < -0.3 is 2.85 Å². The van der Waals surface area contributed by atoms with Crippen molar-refractivity contribution in [2.75, 3.05) is 0 Å². The quantitative estimate of drug-likeness (QED) is 0.452. The van der Waals surface area contributed by atoms with Gasteiger partial charge in [0.1, 0.15) is 0 Å². The molecule has 0 radical (unpaired) electrons. The number of rotatable bonds is 0. The van der Waals surface area contributed by atoms with Crippen LogP contribution in [0.25, 0.3) is 0 Å². The van der Waals surface area contributed by atoms with Crippen LogP contribution in [-0.2, 0) is 0 Å². The summed E-state index contributed by atoms with van der Waals surface area (Å²) in [5.74, 6) is 2.87. The Kier molecular flexibility index (Phi) is 5.80. The minimum atomic E-state index is 0. The third-order valence-corrected chi connectivity index (χ3v) is 1.16. The first-order valence-electron chi connectivity index (χ1n) is 2.60. The van der Waals surface area contributed by atoms with Crippen LogP contribution in [-0.4, -0.2) is 23.1 Å². The third-order valence-electron chi connectivity index (χ3n) is 0.965. The van der Waals surface area contributed by atoms with Crippen LogP contribution in [0.15, 0.2) is 30.3 Å². The van der Waals surface area contributed by atoms with Crippen molar-refractivity contribution in [2.24, 2.45) is 0 Å². The SMILES string of the molecule is BrC#Cc1ccccc1.[H-].[H-].[Mg+2]. The molecule has 0 heterocycles. The van der Waals surface area contributed by atoms with E-state index in [1.54, 1.807) is 0 Å². The fraction of sp³-hybridized carbons (Fsp3) is 0. The van der Waals surface area contributed by atoms with E-state index in [2.05, 4.69) is 26.7 Å². The first kappa shape index (κ1) is 10.0. The second-order valence-electron chi connectivity index (χ2n) is 1.59. The summed E-state index contributed by atoms with van der Waals surface area (Å²) < 4.78 is 0. The van der Waals surface area contributed by atoms with E-state index in [9.17, 15) is 0 Å². The molecule has 0 fully saturated rings. The molecule has 0 spiro atoms. The van der Waals surface area contributed by atoms with Crippen LogP contribution in [0.1, 0.15) is 8.42 Å². The molecule has 0 aliphatic rings. The van der Waals surface area contributed by atoms with Gasteiger partial charge in [0.05, 0.1) is 0 Å². The zero-order valence-electron chi connectivity index (χ0n) is 7.47. The van der Waals surface area contributed by atoms with Gasteiger partial charge in [-0.1, -0.05) is 24.1 Å². The Morgan fingerprint density at radius 3 is 2.30 bits per heavy atom. The molecule has 0 bridgehead atoms. The van der Waals surface area contributed by atoms with Gasteiger partial charge in [0.15, 0.2) is 0 Å². The van der Waals surface area contributed by atoms with Gasteiger partial charge in [-0.15, -0.1) is 0 Å². The van der Waals surface area contributed by atoms with Crippen molar-refractivity contribution in [1.29, 1.82) is 0 Å². The molecule has 0 N–H and O–H groups in total. The molecule has 0 nitrogen and oxygen atoms in total. The van der Waals surface area contributed by atoms with Crippen LogP contribution >= 0.6 is 15.9 Å². The Morgan fingerprint density at radius 2 is 1.80 bits per heavy atom. The van der Waals surface area contributed by atoms with Crippen molar-refractivity contribution in [2.45, 2.75) is 0 Å². The molecule has 0 atom stereocenters. The van der Waals surface area contributed by atoms with Crippen molar-refractivity contribution < 1.29 is 2.85 Å². The Morgan fingerprint density at radius 1 is 1.20 bits per heavy atom. The fourth-order valence-corrected chi connectivity index (χ4v) is 0.805. The predicted molar refractivity (Wildman–Crippen MR) is 50.2 cm³/mol. The summed E-state index contributed by atoms with van der Waals surface area (Å²) in [7, 11) is 0. The zero-order valence-corrected chi connectivity index (χ0v) is 8.47. The molecule has 0 aliphatic carbocycles. The molecule has 1 rings (SSSR count). The molecular weight excluding hydrogens is 200 g/mol. The maximum Gasteiger partial charge on any atom is 2.00 e. The molecule has 1 aromatic rings. The summed E-state index contributed by atoms with van der Waals surface area (Å²) in [6.07, 6.45) is 0. The maximum atomic E-state index is 3.02. The van der Waals surface area contributed by atoms with Crippen LogP contribution in [0.4, 0.5) is 0 Å². The molecule has 0 aliphatic heterocycles. The van der Waals surface area contributed by atoms with Crippen molar-refractivity contribution in [3.05, 3.63) is 35.9 Å². The average molecular weight is 207 g/mol. The summed E-state index contributed by atoms with van der Waals surface area (Å²) in [5.41, 5.74) is 1.04. The Hall–Kier alpha value is 0.0262. The summed E-state index contributed by atoms with van der Waals surface area (Å²) in [4.78, 5) is 2.65. The van der Waals surface area contributed by atoms with E-state index in [-0.39, 0.29) is 25.9 Å². The first-order valence-corrected chi connectivity index (χ1v) is 3.39. The minimum absolute atomic E-state index is 0. The minimum Gasteiger partial charge on any atom is -1.00 e. The normalized spacial score (nSPS) is 6.90. The predicted octanol–water partition coefficient (Wildman–Crippen LogP) is 2.23. The van der Waals surface area contributed by atoms with Crippen molar-refractivity contribution in [3.8, 4) is 10.8 Å². The maximum absolute atomic E-state index is 3.02. The molecule has 0 amide bonds. The summed E-state index contributed by atoms with van der Waals surface area (Å²) in [6, 6.07) is 9.83. The molecule has 48 valence electrons. The largest absolute Gasteiger partial charge is 2.00 e. The molecule has 1 aromatic carbocycles. The fourth-order valence-electron chi connectivity index (χ4n) is 0.576. The monoisotopic (exact) mass is 206 g/mol. The smallest absolute Gasteiger partial charge is 1.00 e. The molecule has 0 aromatic heterocycles. The Bertz CT molecular complexity index is 240. The molecule has 2 heteroatoms. The number of halogens is 1. The Labute approximate surface area is 88.3 Å². The van der Waals surface area contributed by atoms with E-state index in [0.717, 1.165) is 5.56 Å². The number of hydrogen-bond donors (Lipinski definition) is 0. The van der Waals surface area contributed by atoms with Gasteiger partial charge in [-0.3, -0.25) is 0 Å². The summed E-state index contributed by atoms with van der Waals surface area (Å²) in [5, 5.41) is 0. The van der Waals surface area contributed by atoms with E-state index in [1.165, 1.54) is 0 Å². The molecule has 0 unspecified atom stereocenters. The van der Waals surface area contributed by atoms with E-state index < -0.39 is 0 Å².